The topological polar surface area (TPSA) is 79.3 Å². The Kier molecular flexibility index (Phi) is 5.91. The van der Waals surface area contributed by atoms with Crippen LogP contribution < -0.4 is 5.32 Å². The molecule has 26 heavy (non-hydrogen) atoms. The fourth-order valence-electron chi connectivity index (χ4n) is 3.91. The van der Waals surface area contributed by atoms with Gasteiger partial charge in [0, 0.05) is 18.4 Å². The molecule has 2 aromatic rings. The molecule has 1 amide bonds. The van der Waals surface area contributed by atoms with Gasteiger partial charge < -0.3 is 10.4 Å². The lowest BCUT2D eigenvalue weighted by Gasteiger charge is -2.27. The highest BCUT2D eigenvalue weighted by Gasteiger charge is 2.40. The van der Waals surface area contributed by atoms with Crippen molar-refractivity contribution in [3.8, 4) is 0 Å². The van der Waals surface area contributed by atoms with E-state index in [2.05, 4.69) is 28.5 Å². The third kappa shape index (κ3) is 4.41. The molecule has 0 aliphatic heterocycles. The Balaban J connectivity index is 1.49. The number of carbonyl (C=O) groups excluding carboxylic acids is 1. The number of carboxylic acids is 1. The summed E-state index contributed by atoms with van der Waals surface area (Å²) in [6, 6.07) is 6.36. The normalized spacial score (nSPS) is 16.0. The van der Waals surface area contributed by atoms with E-state index >= 15 is 0 Å². The molecule has 5 nitrogen and oxygen atoms in total. The van der Waals surface area contributed by atoms with E-state index in [1.54, 1.807) is 11.3 Å². The Bertz CT molecular complexity index is 793. The van der Waals surface area contributed by atoms with Crippen LogP contribution in [-0.2, 0) is 16.0 Å². The van der Waals surface area contributed by atoms with Gasteiger partial charge in [-0.3, -0.25) is 9.59 Å². The van der Waals surface area contributed by atoms with Crippen LogP contribution in [0.1, 0.15) is 55.5 Å². The van der Waals surface area contributed by atoms with Crippen molar-refractivity contribution in [3.05, 3.63) is 28.8 Å². The Morgan fingerprint density at radius 1 is 1.31 bits per heavy atom. The van der Waals surface area contributed by atoms with Crippen molar-refractivity contribution in [1.82, 2.24) is 10.3 Å². The second-order valence-electron chi connectivity index (χ2n) is 7.28. The summed E-state index contributed by atoms with van der Waals surface area (Å²) in [6.07, 6.45) is 5.97. The van der Waals surface area contributed by atoms with E-state index in [9.17, 15) is 9.59 Å². The maximum absolute atomic E-state index is 12.7. The third-order valence-electron chi connectivity index (χ3n) is 5.35. The lowest BCUT2D eigenvalue weighted by Crippen LogP contribution is -2.40. The summed E-state index contributed by atoms with van der Waals surface area (Å²) in [4.78, 5) is 28.0. The van der Waals surface area contributed by atoms with Gasteiger partial charge in [-0.25, -0.2) is 4.98 Å². The van der Waals surface area contributed by atoms with Gasteiger partial charge in [0.1, 0.15) is 0 Å². The van der Waals surface area contributed by atoms with Crippen molar-refractivity contribution in [3.63, 3.8) is 0 Å². The summed E-state index contributed by atoms with van der Waals surface area (Å²) in [7, 11) is 0. The monoisotopic (exact) mass is 374 g/mol. The van der Waals surface area contributed by atoms with Crippen LogP contribution >= 0.6 is 11.3 Å². The highest BCUT2D eigenvalue weighted by molar-refractivity contribution is 7.18. The zero-order chi connectivity index (χ0) is 18.6. The van der Waals surface area contributed by atoms with Gasteiger partial charge >= 0.3 is 5.97 Å². The smallest absolute Gasteiger partial charge is 0.303 e. The summed E-state index contributed by atoms with van der Waals surface area (Å²) < 4.78 is 1.21. The Labute approximate surface area is 157 Å². The summed E-state index contributed by atoms with van der Waals surface area (Å²) >= 11 is 1.71. The van der Waals surface area contributed by atoms with Gasteiger partial charge in [-0.2, -0.15) is 0 Å². The number of aryl methyl sites for hydroxylation is 2. The number of nitrogens with one attached hydrogen (secondary N) is 1. The summed E-state index contributed by atoms with van der Waals surface area (Å²) in [5.74, 6) is -0.775. The van der Waals surface area contributed by atoms with Gasteiger partial charge in [-0.15, -0.1) is 11.3 Å². The number of hydrogen-bond acceptors (Lipinski definition) is 4. The number of aromatic nitrogens is 1. The number of benzene rings is 1. The van der Waals surface area contributed by atoms with Crippen LogP contribution in [0.5, 0.6) is 0 Å². The van der Waals surface area contributed by atoms with E-state index in [-0.39, 0.29) is 12.3 Å². The Morgan fingerprint density at radius 3 is 2.81 bits per heavy atom. The van der Waals surface area contributed by atoms with E-state index < -0.39 is 11.4 Å². The molecule has 140 valence electrons. The molecule has 0 bridgehead atoms. The van der Waals surface area contributed by atoms with Crippen LogP contribution in [0.3, 0.4) is 0 Å². The Morgan fingerprint density at radius 2 is 2.08 bits per heavy atom. The number of rotatable bonds is 8. The number of aliphatic carboxylic acids is 1. The molecule has 1 aromatic heterocycles. The fraction of sp³-hybridized carbons (Fsp3) is 0.550. The molecule has 0 spiro atoms. The molecule has 6 heteroatoms. The fourth-order valence-corrected chi connectivity index (χ4v) is 4.80. The van der Waals surface area contributed by atoms with Gasteiger partial charge in [-0.05, 0) is 56.7 Å². The number of thiazole rings is 1. The Hall–Kier alpha value is -1.95. The van der Waals surface area contributed by atoms with E-state index in [1.807, 2.05) is 6.92 Å². The molecular weight excluding hydrogens is 348 g/mol. The zero-order valence-corrected chi connectivity index (χ0v) is 16.0. The van der Waals surface area contributed by atoms with Crippen LogP contribution in [0.4, 0.5) is 0 Å². The summed E-state index contributed by atoms with van der Waals surface area (Å²) in [6.45, 7) is 2.65. The first-order valence-electron chi connectivity index (χ1n) is 9.35. The minimum Gasteiger partial charge on any atom is -0.481 e. The largest absolute Gasteiger partial charge is 0.481 e. The lowest BCUT2D eigenvalue weighted by atomic mass is 9.80. The molecule has 3 rings (SSSR count). The number of carbonyl (C=O) groups is 2. The number of nitrogens with zero attached hydrogens (tertiary/aromatic N) is 1. The summed E-state index contributed by atoms with van der Waals surface area (Å²) in [5, 5.41) is 13.1. The van der Waals surface area contributed by atoms with Crippen LogP contribution in [0, 0.1) is 12.3 Å². The molecule has 0 saturated heterocycles. The average Bonchev–Trinajstić information content (AvgIpc) is 3.22. The molecule has 0 radical (unpaired) electrons. The maximum Gasteiger partial charge on any atom is 0.303 e. The van der Waals surface area contributed by atoms with Crippen LogP contribution in [0.25, 0.3) is 10.2 Å². The van der Waals surface area contributed by atoms with Crippen LogP contribution in [0.15, 0.2) is 18.2 Å². The highest BCUT2D eigenvalue weighted by Crippen LogP contribution is 2.42. The van der Waals surface area contributed by atoms with Gasteiger partial charge in [0.25, 0.3) is 0 Å². The number of amides is 1. The first-order valence-corrected chi connectivity index (χ1v) is 10.2. The number of carboxylic acid groups (broad SMARTS) is 1. The van der Waals surface area contributed by atoms with Crippen molar-refractivity contribution in [1.29, 1.82) is 0 Å². The van der Waals surface area contributed by atoms with E-state index in [1.165, 1.54) is 10.3 Å². The zero-order valence-electron chi connectivity index (χ0n) is 15.2. The number of fused-ring (bicyclic) bond motifs is 1. The number of hydrogen-bond donors (Lipinski definition) is 2. The third-order valence-corrected chi connectivity index (χ3v) is 6.28. The molecule has 1 aliphatic carbocycles. The lowest BCUT2D eigenvalue weighted by molar-refractivity contribution is -0.138. The van der Waals surface area contributed by atoms with Crippen molar-refractivity contribution in [2.45, 2.75) is 58.3 Å². The van der Waals surface area contributed by atoms with Gasteiger partial charge in [0.2, 0.25) is 5.91 Å². The molecule has 0 unspecified atom stereocenters. The molecule has 1 heterocycles. The first-order chi connectivity index (χ1) is 12.5. The van der Waals surface area contributed by atoms with Crippen LogP contribution in [-0.4, -0.2) is 28.5 Å². The van der Waals surface area contributed by atoms with Crippen molar-refractivity contribution in [2.75, 3.05) is 6.54 Å². The van der Waals surface area contributed by atoms with Crippen LogP contribution in [0.2, 0.25) is 0 Å². The molecule has 1 fully saturated rings. The van der Waals surface area contributed by atoms with Gasteiger partial charge in [0.05, 0.1) is 15.2 Å². The van der Waals surface area contributed by atoms with E-state index in [4.69, 9.17) is 5.11 Å². The van der Waals surface area contributed by atoms with Gasteiger partial charge in [0.15, 0.2) is 0 Å². The average molecular weight is 375 g/mol. The minimum atomic E-state index is -0.822. The van der Waals surface area contributed by atoms with E-state index in [0.29, 0.717) is 13.0 Å². The standard InChI is InChI=1S/C20H26N2O3S/c1-14-22-16-7-6-15(13-17(16)26-14)5-4-12-21-19(25)20(9-2-3-10-20)11-8-18(23)24/h6-7,13H,2-5,8-12H2,1H3,(H,21,25)(H,23,24). The first kappa shape index (κ1) is 18.8. The molecule has 2 N–H and O–H groups in total. The molecule has 1 saturated carbocycles. The van der Waals surface area contributed by atoms with E-state index in [0.717, 1.165) is 49.0 Å². The molecule has 1 aliphatic rings. The van der Waals surface area contributed by atoms with Crippen molar-refractivity contribution in [2.24, 2.45) is 5.41 Å². The molecule has 1 aromatic carbocycles. The summed E-state index contributed by atoms with van der Waals surface area (Å²) in [5.41, 5.74) is 1.85. The quantitative estimate of drug-likeness (QED) is 0.683. The predicted molar refractivity (Wildman–Crippen MR) is 103 cm³/mol. The second-order valence-corrected chi connectivity index (χ2v) is 8.51. The molecule has 0 atom stereocenters. The second kappa shape index (κ2) is 8.16. The van der Waals surface area contributed by atoms with Gasteiger partial charge in [-0.1, -0.05) is 18.9 Å². The highest BCUT2D eigenvalue weighted by atomic mass is 32.1. The SMILES string of the molecule is Cc1nc2ccc(CCCNC(=O)C3(CCC(=O)O)CCCC3)cc2s1. The maximum atomic E-state index is 12.7. The minimum absolute atomic E-state index is 0.0461. The van der Waals surface area contributed by atoms with Crippen molar-refractivity contribution >= 4 is 33.4 Å². The predicted octanol–water partition coefficient (Wildman–Crippen LogP) is 4.08. The molecular formula is C20H26N2O3S. The van der Waals surface area contributed by atoms with Crippen molar-refractivity contribution < 1.29 is 14.7 Å².